The van der Waals surface area contributed by atoms with Crippen LogP contribution in [-0.4, -0.2) is 4.98 Å². The number of aromatic nitrogens is 1. The maximum atomic E-state index is 5.81. The van der Waals surface area contributed by atoms with Crippen molar-refractivity contribution in [3.63, 3.8) is 0 Å². The molecule has 0 aliphatic carbocycles. The van der Waals surface area contributed by atoms with E-state index in [1.807, 2.05) is 6.92 Å². The fraction of sp³-hybridized carbons (Fsp3) is 0.214. The van der Waals surface area contributed by atoms with Crippen molar-refractivity contribution in [3.8, 4) is 0 Å². The molecule has 0 aliphatic rings. The number of nitrogen functional groups attached to an aromatic ring is 1. The second-order valence-corrected chi connectivity index (χ2v) is 5.30. The fourth-order valence-corrected chi connectivity index (χ4v) is 2.29. The third-order valence-corrected chi connectivity index (χ3v) is 3.76. The Morgan fingerprint density at radius 2 is 1.72 bits per heavy atom. The normalized spacial score (nSPS) is 10.4. The zero-order valence-electron chi connectivity index (χ0n) is 10.7. The first kappa shape index (κ1) is 12.9. The molecule has 0 spiro atoms. The average Bonchev–Trinajstić information content (AvgIpc) is 2.29. The van der Waals surface area contributed by atoms with E-state index in [1.54, 1.807) is 6.20 Å². The molecule has 2 aromatic rings. The largest absolute Gasteiger partial charge is 0.397 e. The summed E-state index contributed by atoms with van der Waals surface area (Å²) in [6, 6.07) is 6.32. The molecule has 18 heavy (non-hydrogen) atoms. The second kappa shape index (κ2) is 4.98. The summed E-state index contributed by atoms with van der Waals surface area (Å²) in [6.07, 6.45) is 1.67. The summed E-state index contributed by atoms with van der Waals surface area (Å²) >= 11 is 3.52. The predicted molar refractivity (Wildman–Crippen MR) is 80.3 cm³/mol. The van der Waals surface area contributed by atoms with Gasteiger partial charge in [-0.1, -0.05) is 6.07 Å². The quantitative estimate of drug-likeness (QED) is 0.878. The highest BCUT2D eigenvalue weighted by molar-refractivity contribution is 9.10. The second-order valence-electron chi connectivity index (χ2n) is 4.50. The Kier molecular flexibility index (Phi) is 3.57. The van der Waals surface area contributed by atoms with Gasteiger partial charge >= 0.3 is 0 Å². The first-order chi connectivity index (χ1) is 8.47. The molecule has 0 unspecified atom stereocenters. The Labute approximate surface area is 116 Å². The lowest BCUT2D eigenvalue weighted by Crippen LogP contribution is -2.00. The minimum Gasteiger partial charge on any atom is -0.397 e. The van der Waals surface area contributed by atoms with Gasteiger partial charge in [0.25, 0.3) is 0 Å². The number of nitrogens with one attached hydrogen (secondary N) is 1. The van der Waals surface area contributed by atoms with Gasteiger partial charge in [-0.25, -0.2) is 4.98 Å². The molecule has 0 aliphatic heterocycles. The van der Waals surface area contributed by atoms with E-state index in [0.29, 0.717) is 5.69 Å². The van der Waals surface area contributed by atoms with Gasteiger partial charge < -0.3 is 11.1 Å². The van der Waals surface area contributed by atoms with Crippen LogP contribution in [0.4, 0.5) is 17.2 Å². The Morgan fingerprint density at radius 1 is 1.11 bits per heavy atom. The van der Waals surface area contributed by atoms with Crippen LogP contribution in [0.25, 0.3) is 0 Å². The first-order valence-corrected chi connectivity index (χ1v) is 6.52. The molecule has 0 atom stereocenters. The molecule has 1 aromatic heterocycles. The summed E-state index contributed by atoms with van der Waals surface area (Å²) < 4.78 is 0.904. The number of hydrogen-bond donors (Lipinski definition) is 2. The molecule has 3 N–H and O–H groups in total. The van der Waals surface area contributed by atoms with Crippen LogP contribution in [0.15, 0.2) is 28.9 Å². The maximum Gasteiger partial charge on any atom is 0.145 e. The topological polar surface area (TPSA) is 50.9 Å². The molecular weight excluding hydrogens is 290 g/mol. The third-order valence-electron chi connectivity index (χ3n) is 2.79. The van der Waals surface area contributed by atoms with Gasteiger partial charge in [0.15, 0.2) is 0 Å². The number of nitrogens with two attached hydrogens (primary N) is 1. The van der Waals surface area contributed by atoms with Crippen molar-refractivity contribution in [1.29, 1.82) is 0 Å². The highest BCUT2D eigenvalue weighted by Gasteiger charge is 2.07. The number of halogens is 1. The van der Waals surface area contributed by atoms with Crippen LogP contribution in [0.5, 0.6) is 0 Å². The monoisotopic (exact) mass is 305 g/mol. The zero-order chi connectivity index (χ0) is 13.3. The lowest BCUT2D eigenvalue weighted by atomic mass is 10.1. The highest BCUT2D eigenvalue weighted by Crippen LogP contribution is 2.30. The van der Waals surface area contributed by atoms with Gasteiger partial charge in [0.05, 0.1) is 16.4 Å². The zero-order valence-corrected chi connectivity index (χ0v) is 12.3. The molecule has 0 amide bonds. The molecule has 3 nitrogen and oxygen atoms in total. The van der Waals surface area contributed by atoms with Crippen molar-refractivity contribution in [3.05, 3.63) is 45.6 Å². The van der Waals surface area contributed by atoms with E-state index in [9.17, 15) is 0 Å². The van der Waals surface area contributed by atoms with Crippen LogP contribution in [0, 0.1) is 20.8 Å². The molecule has 0 saturated carbocycles. The van der Waals surface area contributed by atoms with E-state index < -0.39 is 0 Å². The van der Waals surface area contributed by atoms with Crippen LogP contribution in [0.2, 0.25) is 0 Å². The average molecular weight is 306 g/mol. The number of aryl methyl sites for hydroxylation is 2. The van der Waals surface area contributed by atoms with Crippen molar-refractivity contribution in [2.75, 3.05) is 11.1 Å². The van der Waals surface area contributed by atoms with Crippen LogP contribution >= 0.6 is 15.9 Å². The van der Waals surface area contributed by atoms with Crippen molar-refractivity contribution in [2.24, 2.45) is 0 Å². The van der Waals surface area contributed by atoms with Crippen LogP contribution in [0.3, 0.4) is 0 Å². The highest BCUT2D eigenvalue weighted by atomic mass is 79.9. The molecule has 1 heterocycles. The van der Waals surface area contributed by atoms with Gasteiger partial charge in [0.2, 0.25) is 0 Å². The van der Waals surface area contributed by atoms with Gasteiger partial charge in [0.1, 0.15) is 5.82 Å². The molecule has 2 rings (SSSR count). The number of nitrogens with zero attached hydrogens (tertiary/aromatic N) is 1. The molecule has 0 radical (unpaired) electrons. The van der Waals surface area contributed by atoms with Crippen LogP contribution < -0.4 is 11.1 Å². The van der Waals surface area contributed by atoms with Crippen LogP contribution in [0.1, 0.15) is 16.7 Å². The lowest BCUT2D eigenvalue weighted by Gasteiger charge is -2.12. The molecule has 0 bridgehead atoms. The van der Waals surface area contributed by atoms with E-state index >= 15 is 0 Å². The molecule has 4 heteroatoms. The lowest BCUT2D eigenvalue weighted by molar-refractivity contribution is 1.25. The molecule has 0 fully saturated rings. The van der Waals surface area contributed by atoms with Gasteiger partial charge in [-0.3, -0.25) is 0 Å². The first-order valence-electron chi connectivity index (χ1n) is 5.73. The summed E-state index contributed by atoms with van der Waals surface area (Å²) in [5, 5.41) is 3.31. The van der Waals surface area contributed by atoms with Crippen LogP contribution in [-0.2, 0) is 0 Å². The summed E-state index contributed by atoms with van der Waals surface area (Å²) in [5.74, 6) is 0.784. The number of rotatable bonds is 2. The summed E-state index contributed by atoms with van der Waals surface area (Å²) in [7, 11) is 0. The van der Waals surface area contributed by atoms with E-state index in [1.165, 1.54) is 11.1 Å². The van der Waals surface area contributed by atoms with E-state index in [2.05, 4.69) is 58.3 Å². The van der Waals surface area contributed by atoms with Gasteiger partial charge in [-0.15, -0.1) is 0 Å². The van der Waals surface area contributed by atoms with E-state index in [4.69, 9.17) is 5.73 Å². The standard InChI is InChI=1S/C14H16BrN3/c1-8-4-9(2)6-11(5-8)18-14-13(15)10(3)12(16)7-17-14/h4-7H,16H2,1-3H3,(H,17,18). The van der Waals surface area contributed by atoms with Crippen molar-refractivity contribution in [2.45, 2.75) is 20.8 Å². The summed E-state index contributed by atoms with van der Waals surface area (Å²) in [6.45, 7) is 6.12. The number of anilines is 3. The number of hydrogen-bond acceptors (Lipinski definition) is 3. The summed E-state index contributed by atoms with van der Waals surface area (Å²) in [4.78, 5) is 4.31. The fourth-order valence-electron chi connectivity index (χ4n) is 1.86. The predicted octanol–water partition coefficient (Wildman–Crippen LogP) is 4.10. The minimum absolute atomic E-state index is 0.688. The SMILES string of the molecule is Cc1cc(C)cc(Nc2ncc(N)c(C)c2Br)c1. The van der Waals surface area contributed by atoms with E-state index in [-0.39, 0.29) is 0 Å². The van der Waals surface area contributed by atoms with Crippen molar-refractivity contribution >= 4 is 33.1 Å². The molecule has 1 aromatic carbocycles. The minimum atomic E-state index is 0.688. The Balaban J connectivity index is 2.37. The van der Waals surface area contributed by atoms with Crippen molar-refractivity contribution < 1.29 is 0 Å². The Morgan fingerprint density at radius 3 is 2.33 bits per heavy atom. The summed E-state index contributed by atoms with van der Waals surface area (Å²) in [5.41, 5.74) is 11.0. The van der Waals surface area contributed by atoms with Gasteiger partial charge in [-0.05, 0) is 65.5 Å². The molecule has 94 valence electrons. The smallest absolute Gasteiger partial charge is 0.145 e. The third kappa shape index (κ3) is 2.64. The van der Waals surface area contributed by atoms with Gasteiger partial charge in [0, 0.05) is 5.69 Å². The van der Waals surface area contributed by atoms with Gasteiger partial charge in [-0.2, -0.15) is 0 Å². The Hall–Kier alpha value is -1.55. The maximum absolute atomic E-state index is 5.81. The number of pyridine rings is 1. The van der Waals surface area contributed by atoms with E-state index in [0.717, 1.165) is 21.5 Å². The molecule has 0 saturated heterocycles. The Bertz CT molecular complexity index is 574. The van der Waals surface area contributed by atoms with Crippen molar-refractivity contribution in [1.82, 2.24) is 4.98 Å². The molecular formula is C14H16BrN3. The number of benzene rings is 1.